The fourth-order valence-electron chi connectivity index (χ4n) is 1.25. The van der Waals surface area contributed by atoms with Gasteiger partial charge in [-0.2, -0.15) is 0 Å². The number of nitrogens with one attached hydrogen (secondary N) is 1. The van der Waals surface area contributed by atoms with E-state index in [0.29, 0.717) is 0 Å². The van der Waals surface area contributed by atoms with Crippen LogP contribution in [0.5, 0.6) is 0 Å². The number of carboxylic acid groups (broad SMARTS) is 3. The van der Waals surface area contributed by atoms with E-state index in [1.54, 1.807) is 0 Å². The topological polar surface area (TPSA) is 236 Å². The van der Waals surface area contributed by atoms with Crippen molar-refractivity contribution in [3.63, 3.8) is 0 Å². The molecule has 25 heavy (non-hydrogen) atoms. The molecule has 3 atom stereocenters. The summed E-state index contributed by atoms with van der Waals surface area (Å²) in [7, 11) is 0. The van der Waals surface area contributed by atoms with Crippen LogP contribution >= 0.6 is 0 Å². The maximum absolute atomic E-state index is 11.1. The number of aliphatic carboxylic acids is 3. The zero-order valence-corrected chi connectivity index (χ0v) is 13.7. The molecule has 0 radical (unpaired) electrons. The number of rotatable bonds is 10. The summed E-state index contributed by atoms with van der Waals surface area (Å²) in [6, 6.07) is -2.98. The van der Waals surface area contributed by atoms with Gasteiger partial charge in [-0.15, -0.1) is 0 Å². The number of amides is 2. The molecule has 0 aliphatic rings. The number of carboxylic acids is 3. The lowest BCUT2D eigenvalue weighted by molar-refractivity contribution is -0.142. The summed E-state index contributed by atoms with van der Waals surface area (Å²) >= 11 is 0. The molecule has 2 amide bonds. The van der Waals surface area contributed by atoms with E-state index in [4.69, 9.17) is 32.5 Å². The van der Waals surface area contributed by atoms with Crippen molar-refractivity contribution in [2.24, 2.45) is 17.2 Å². The van der Waals surface area contributed by atoms with E-state index in [1.165, 1.54) is 6.92 Å². The number of carbonyl (C=O) groups excluding carboxylic acids is 2. The third kappa shape index (κ3) is 14.6. The first-order valence-electron chi connectivity index (χ1n) is 7.15. The normalized spacial score (nSPS) is 13.4. The molecule has 0 saturated heterocycles. The Bertz CT molecular complexity index is 494. The van der Waals surface area contributed by atoms with Gasteiger partial charge in [0.25, 0.3) is 0 Å². The van der Waals surface area contributed by atoms with E-state index in [-0.39, 0.29) is 25.7 Å². The van der Waals surface area contributed by atoms with Crippen molar-refractivity contribution in [3.05, 3.63) is 0 Å². The average Bonchev–Trinajstić information content (AvgIpc) is 2.48. The summed E-state index contributed by atoms with van der Waals surface area (Å²) in [5, 5.41) is 27.2. The molecule has 144 valence electrons. The second-order valence-electron chi connectivity index (χ2n) is 5.07. The predicted octanol–water partition coefficient (Wildman–Crippen LogP) is -2.57. The van der Waals surface area contributed by atoms with Crippen LogP contribution in [0, 0.1) is 0 Å². The number of hydrogen-bond acceptors (Lipinski definition) is 7. The number of hydrogen-bond donors (Lipinski definition) is 7. The summed E-state index contributed by atoms with van der Waals surface area (Å²) in [5.74, 6) is -4.61. The lowest BCUT2D eigenvalue weighted by Crippen LogP contribution is -2.47. The SMILES string of the molecule is C[C@H](N)C(=O)N[C@@H](CCC(N)=O)C(=O)O.N[C@@H](CCC(=O)O)C(=O)O. The first-order valence-corrected chi connectivity index (χ1v) is 7.15. The summed E-state index contributed by atoms with van der Waals surface area (Å²) in [6.07, 6.45) is -0.364. The molecule has 0 unspecified atom stereocenters. The molecule has 12 heteroatoms. The van der Waals surface area contributed by atoms with Crippen LogP contribution in [0.3, 0.4) is 0 Å². The molecule has 0 aliphatic carbocycles. The van der Waals surface area contributed by atoms with E-state index in [1.807, 2.05) is 0 Å². The van der Waals surface area contributed by atoms with Gasteiger partial charge in [-0.05, 0) is 19.8 Å². The smallest absolute Gasteiger partial charge is 0.326 e. The standard InChI is InChI=1S/C8H15N3O4.C5H9NO4/c1-4(9)7(13)11-5(8(14)15)2-3-6(10)12;6-3(5(9)10)1-2-4(7)8/h4-5H,2-3,9H2,1H3,(H2,10,12)(H,11,13)(H,14,15);3H,1-2,6H2,(H,7,8)(H,9,10)/t4-,5-;3-/m00/s1. The highest BCUT2D eigenvalue weighted by atomic mass is 16.4. The van der Waals surface area contributed by atoms with Crippen LogP contribution in [-0.2, 0) is 24.0 Å². The van der Waals surface area contributed by atoms with Crippen LogP contribution in [0.15, 0.2) is 0 Å². The Kier molecular flexibility index (Phi) is 12.4. The third-order valence-corrected chi connectivity index (χ3v) is 2.69. The fraction of sp³-hybridized carbons (Fsp3) is 0.615. The van der Waals surface area contributed by atoms with Crippen molar-refractivity contribution in [1.82, 2.24) is 5.32 Å². The number of carbonyl (C=O) groups is 5. The Hall–Kier alpha value is -2.73. The van der Waals surface area contributed by atoms with E-state index in [0.717, 1.165) is 0 Å². The van der Waals surface area contributed by atoms with Crippen LogP contribution in [0.4, 0.5) is 0 Å². The van der Waals surface area contributed by atoms with Gasteiger partial charge in [0.2, 0.25) is 11.8 Å². The van der Waals surface area contributed by atoms with Crippen LogP contribution in [0.1, 0.15) is 32.6 Å². The lowest BCUT2D eigenvalue weighted by Gasteiger charge is -2.14. The summed E-state index contributed by atoms with van der Waals surface area (Å²) in [5.41, 5.74) is 15.1. The molecule has 0 heterocycles. The Morgan fingerprint density at radius 3 is 1.76 bits per heavy atom. The molecule has 0 spiro atoms. The van der Waals surface area contributed by atoms with Gasteiger partial charge >= 0.3 is 17.9 Å². The van der Waals surface area contributed by atoms with Crippen LogP contribution in [0.2, 0.25) is 0 Å². The Balaban J connectivity index is 0. The molecule has 0 aliphatic heterocycles. The quantitative estimate of drug-likeness (QED) is 0.214. The average molecular weight is 364 g/mol. The molecule has 0 fully saturated rings. The molecule has 10 N–H and O–H groups in total. The van der Waals surface area contributed by atoms with E-state index in [9.17, 15) is 24.0 Å². The van der Waals surface area contributed by atoms with Gasteiger partial charge in [0, 0.05) is 12.8 Å². The van der Waals surface area contributed by atoms with E-state index >= 15 is 0 Å². The first-order chi connectivity index (χ1) is 11.4. The van der Waals surface area contributed by atoms with Crippen molar-refractivity contribution in [1.29, 1.82) is 0 Å². The zero-order valence-electron chi connectivity index (χ0n) is 13.7. The third-order valence-electron chi connectivity index (χ3n) is 2.69. The fourth-order valence-corrected chi connectivity index (χ4v) is 1.25. The molecule has 0 aromatic carbocycles. The minimum atomic E-state index is -1.22. The monoisotopic (exact) mass is 364 g/mol. The minimum Gasteiger partial charge on any atom is -0.481 e. The molecule has 0 saturated carbocycles. The van der Waals surface area contributed by atoms with Crippen LogP contribution in [-0.4, -0.2) is 63.2 Å². The number of nitrogens with two attached hydrogens (primary N) is 3. The second-order valence-corrected chi connectivity index (χ2v) is 5.07. The summed E-state index contributed by atoms with van der Waals surface area (Å²) < 4.78 is 0. The Labute approximate surface area is 143 Å². The zero-order chi connectivity index (χ0) is 20.2. The van der Waals surface area contributed by atoms with Gasteiger partial charge in [-0.3, -0.25) is 19.2 Å². The minimum absolute atomic E-state index is 0.0231. The lowest BCUT2D eigenvalue weighted by atomic mass is 10.1. The van der Waals surface area contributed by atoms with E-state index < -0.39 is 47.8 Å². The van der Waals surface area contributed by atoms with E-state index in [2.05, 4.69) is 5.32 Å². The molecule has 12 nitrogen and oxygen atoms in total. The highest BCUT2D eigenvalue weighted by Crippen LogP contribution is 1.97. The Morgan fingerprint density at radius 1 is 0.920 bits per heavy atom. The van der Waals surface area contributed by atoms with Crippen molar-refractivity contribution >= 4 is 29.7 Å². The van der Waals surface area contributed by atoms with Crippen molar-refractivity contribution in [3.8, 4) is 0 Å². The Morgan fingerprint density at radius 2 is 1.44 bits per heavy atom. The van der Waals surface area contributed by atoms with Gasteiger partial charge in [-0.25, -0.2) is 4.79 Å². The molecule has 0 aromatic rings. The molecule has 0 aromatic heterocycles. The first kappa shape index (κ1) is 24.5. The molecular weight excluding hydrogens is 340 g/mol. The highest BCUT2D eigenvalue weighted by molar-refractivity contribution is 5.86. The van der Waals surface area contributed by atoms with Gasteiger partial charge in [0.15, 0.2) is 0 Å². The van der Waals surface area contributed by atoms with Crippen molar-refractivity contribution < 1.29 is 39.3 Å². The summed E-state index contributed by atoms with van der Waals surface area (Å²) in [4.78, 5) is 52.1. The molecule has 0 bridgehead atoms. The maximum atomic E-state index is 11.1. The molecule has 0 rings (SSSR count). The number of primary amides is 1. The van der Waals surface area contributed by atoms with Gasteiger partial charge in [0.1, 0.15) is 12.1 Å². The van der Waals surface area contributed by atoms with Crippen LogP contribution < -0.4 is 22.5 Å². The van der Waals surface area contributed by atoms with Crippen molar-refractivity contribution in [2.75, 3.05) is 0 Å². The predicted molar refractivity (Wildman–Crippen MR) is 84.1 cm³/mol. The second kappa shape index (κ2) is 12.7. The maximum Gasteiger partial charge on any atom is 0.326 e. The van der Waals surface area contributed by atoms with Gasteiger partial charge < -0.3 is 37.8 Å². The highest BCUT2D eigenvalue weighted by Gasteiger charge is 2.21. The van der Waals surface area contributed by atoms with Crippen molar-refractivity contribution in [2.45, 2.75) is 50.7 Å². The molecular formula is C13H24N4O8. The summed E-state index contributed by atoms with van der Waals surface area (Å²) in [6.45, 7) is 1.43. The van der Waals surface area contributed by atoms with Gasteiger partial charge in [0.05, 0.1) is 6.04 Å². The van der Waals surface area contributed by atoms with Gasteiger partial charge in [-0.1, -0.05) is 0 Å². The van der Waals surface area contributed by atoms with Crippen LogP contribution in [0.25, 0.3) is 0 Å². The largest absolute Gasteiger partial charge is 0.481 e.